The Labute approximate surface area is 191 Å². The van der Waals surface area contributed by atoms with Crippen LogP contribution in [0.3, 0.4) is 0 Å². The lowest BCUT2D eigenvalue weighted by Crippen LogP contribution is -2.30. The van der Waals surface area contributed by atoms with E-state index in [9.17, 15) is 14.7 Å². The Hall–Kier alpha value is -2.70. The first kappa shape index (κ1) is 23.0. The van der Waals surface area contributed by atoms with Gasteiger partial charge in [0.1, 0.15) is 10.8 Å². The number of amides is 1. The predicted molar refractivity (Wildman–Crippen MR) is 120 cm³/mol. The minimum absolute atomic E-state index is 0.0390. The van der Waals surface area contributed by atoms with Crippen molar-refractivity contribution in [2.75, 3.05) is 20.8 Å². The standard InChI is InChI=1S/C23H23Cl2NO5/c1-4-5-11-26-18(13-9-7-6-8-10-13)16(20(28)23(26)29)19(27)14-12-15(24)22(31-3)17(25)21(14)30-2/h6-10,12,18,27H,4-5,11H2,1-3H3/b19-16+. The number of ketones is 1. The average molecular weight is 464 g/mol. The predicted octanol–water partition coefficient (Wildman–Crippen LogP) is 5.23. The van der Waals surface area contributed by atoms with E-state index in [1.165, 1.54) is 25.2 Å². The highest BCUT2D eigenvalue weighted by atomic mass is 35.5. The summed E-state index contributed by atoms with van der Waals surface area (Å²) in [6.07, 6.45) is 1.57. The van der Waals surface area contributed by atoms with Crippen LogP contribution in [0, 0.1) is 0 Å². The molecule has 1 heterocycles. The van der Waals surface area contributed by atoms with Crippen LogP contribution < -0.4 is 9.47 Å². The van der Waals surface area contributed by atoms with E-state index < -0.39 is 23.5 Å². The van der Waals surface area contributed by atoms with Gasteiger partial charge < -0.3 is 19.5 Å². The number of likely N-dealkylation sites (tertiary alicyclic amines) is 1. The van der Waals surface area contributed by atoms with Gasteiger partial charge in [-0.1, -0.05) is 66.9 Å². The summed E-state index contributed by atoms with van der Waals surface area (Å²) in [4.78, 5) is 27.4. The van der Waals surface area contributed by atoms with E-state index in [1.807, 2.05) is 37.3 Å². The van der Waals surface area contributed by atoms with Gasteiger partial charge in [0, 0.05) is 6.54 Å². The summed E-state index contributed by atoms with van der Waals surface area (Å²) in [5.74, 6) is -1.57. The SMILES string of the molecule is CCCCN1C(=O)C(=O)/C(=C(/O)c2cc(Cl)c(OC)c(Cl)c2OC)C1c1ccccc1. The molecule has 1 aliphatic rings. The summed E-state index contributed by atoms with van der Waals surface area (Å²) in [5, 5.41) is 11.4. The Morgan fingerprint density at radius 1 is 1.10 bits per heavy atom. The number of aliphatic hydroxyl groups is 1. The van der Waals surface area contributed by atoms with Crippen molar-refractivity contribution in [1.29, 1.82) is 0 Å². The van der Waals surface area contributed by atoms with Gasteiger partial charge in [0.2, 0.25) is 0 Å². The van der Waals surface area contributed by atoms with E-state index in [2.05, 4.69) is 0 Å². The molecule has 6 nitrogen and oxygen atoms in total. The number of Topliss-reactive ketones (excluding diaryl/α,β-unsaturated/α-hetero) is 1. The zero-order valence-corrected chi connectivity index (χ0v) is 19.0. The number of ether oxygens (including phenoxy) is 2. The smallest absolute Gasteiger partial charge is 0.295 e. The molecule has 1 saturated heterocycles. The third-order valence-corrected chi connectivity index (χ3v) is 5.83. The van der Waals surface area contributed by atoms with Crippen LogP contribution in [0.4, 0.5) is 0 Å². The van der Waals surface area contributed by atoms with E-state index in [4.69, 9.17) is 32.7 Å². The van der Waals surface area contributed by atoms with E-state index >= 15 is 0 Å². The van der Waals surface area contributed by atoms with Gasteiger partial charge in [-0.15, -0.1) is 0 Å². The molecular weight excluding hydrogens is 441 g/mol. The number of aliphatic hydroxyl groups excluding tert-OH is 1. The molecule has 3 rings (SSSR count). The molecule has 8 heteroatoms. The van der Waals surface area contributed by atoms with Gasteiger partial charge >= 0.3 is 0 Å². The van der Waals surface area contributed by atoms with Crippen molar-refractivity contribution >= 4 is 40.7 Å². The maximum Gasteiger partial charge on any atom is 0.295 e. The third kappa shape index (κ3) is 4.10. The highest BCUT2D eigenvalue weighted by Crippen LogP contribution is 2.47. The van der Waals surface area contributed by atoms with Gasteiger partial charge in [-0.2, -0.15) is 0 Å². The van der Waals surface area contributed by atoms with Crippen LogP contribution >= 0.6 is 23.2 Å². The fourth-order valence-electron chi connectivity index (χ4n) is 3.71. The van der Waals surface area contributed by atoms with Crippen LogP contribution in [0.1, 0.15) is 36.9 Å². The highest BCUT2D eigenvalue weighted by Gasteiger charge is 2.46. The summed E-state index contributed by atoms with van der Waals surface area (Å²) in [6.45, 7) is 2.39. The molecule has 1 N–H and O–H groups in total. The number of benzene rings is 2. The molecule has 0 aromatic heterocycles. The van der Waals surface area contributed by atoms with Gasteiger partial charge in [0.25, 0.3) is 11.7 Å². The van der Waals surface area contributed by atoms with Gasteiger partial charge in [-0.25, -0.2) is 0 Å². The lowest BCUT2D eigenvalue weighted by molar-refractivity contribution is -0.139. The Kier molecular flexibility index (Phi) is 7.13. The van der Waals surface area contributed by atoms with E-state index in [0.717, 1.165) is 12.8 Å². The molecule has 1 unspecified atom stereocenters. The third-order valence-electron chi connectivity index (χ3n) is 5.20. The minimum Gasteiger partial charge on any atom is -0.507 e. The largest absolute Gasteiger partial charge is 0.507 e. The molecule has 0 bridgehead atoms. The summed E-state index contributed by atoms with van der Waals surface area (Å²) in [6, 6.07) is 9.77. The lowest BCUT2D eigenvalue weighted by atomic mass is 9.95. The maximum absolute atomic E-state index is 13.0. The maximum atomic E-state index is 13.0. The number of halogens is 2. The molecular formula is C23H23Cl2NO5. The first-order chi connectivity index (χ1) is 14.9. The second-order valence-electron chi connectivity index (χ2n) is 7.04. The summed E-state index contributed by atoms with van der Waals surface area (Å²) >= 11 is 12.6. The number of carbonyl (C=O) groups is 2. The molecule has 0 aliphatic carbocycles. The zero-order valence-electron chi connectivity index (χ0n) is 17.4. The minimum atomic E-state index is -0.771. The Morgan fingerprint density at radius 2 is 1.74 bits per heavy atom. The molecule has 2 aromatic rings. The van der Waals surface area contributed by atoms with Crippen LogP contribution in [0.25, 0.3) is 5.76 Å². The van der Waals surface area contributed by atoms with Crippen LogP contribution in [0.15, 0.2) is 42.0 Å². The number of unbranched alkanes of at least 4 members (excludes halogenated alkanes) is 1. The van der Waals surface area contributed by atoms with Crippen molar-refractivity contribution in [3.8, 4) is 11.5 Å². The summed E-state index contributed by atoms with van der Waals surface area (Å²) in [5.41, 5.74) is 0.777. The van der Waals surface area contributed by atoms with Gasteiger partial charge in [0.05, 0.1) is 36.4 Å². The van der Waals surface area contributed by atoms with Crippen molar-refractivity contribution < 1.29 is 24.2 Å². The lowest BCUT2D eigenvalue weighted by Gasteiger charge is -2.25. The van der Waals surface area contributed by atoms with Crippen LogP contribution in [0.2, 0.25) is 10.0 Å². The van der Waals surface area contributed by atoms with Gasteiger partial charge in [-0.3, -0.25) is 9.59 Å². The van der Waals surface area contributed by atoms with Gasteiger partial charge in [-0.05, 0) is 18.1 Å². The van der Waals surface area contributed by atoms with Crippen molar-refractivity contribution in [3.63, 3.8) is 0 Å². The molecule has 164 valence electrons. The highest BCUT2D eigenvalue weighted by molar-refractivity contribution is 6.47. The number of methoxy groups -OCH3 is 2. The quantitative estimate of drug-likeness (QED) is 0.345. The number of rotatable bonds is 7. The number of hydrogen-bond donors (Lipinski definition) is 1. The molecule has 1 amide bonds. The monoisotopic (exact) mass is 463 g/mol. The van der Waals surface area contributed by atoms with Crippen molar-refractivity contribution in [2.45, 2.75) is 25.8 Å². The Morgan fingerprint density at radius 3 is 2.32 bits per heavy atom. The second-order valence-corrected chi connectivity index (χ2v) is 7.83. The Balaban J connectivity index is 2.27. The molecule has 1 fully saturated rings. The average Bonchev–Trinajstić information content (AvgIpc) is 3.02. The first-order valence-corrected chi connectivity index (χ1v) is 10.6. The van der Waals surface area contributed by atoms with Crippen molar-refractivity contribution in [3.05, 3.63) is 63.1 Å². The molecule has 0 spiro atoms. The normalized spacial score (nSPS) is 17.8. The number of carbonyl (C=O) groups excluding carboxylic acids is 2. The molecule has 31 heavy (non-hydrogen) atoms. The van der Waals surface area contributed by atoms with E-state index in [0.29, 0.717) is 12.1 Å². The van der Waals surface area contributed by atoms with Gasteiger partial charge in [0.15, 0.2) is 11.5 Å². The van der Waals surface area contributed by atoms with Crippen LogP contribution in [-0.2, 0) is 9.59 Å². The fourth-order valence-corrected chi connectivity index (χ4v) is 4.40. The Bertz CT molecular complexity index is 1040. The topological polar surface area (TPSA) is 76.1 Å². The zero-order chi connectivity index (χ0) is 22.7. The number of nitrogens with zero attached hydrogens (tertiary/aromatic N) is 1. The fraction of sp³-hybridized carbons (Fsp3) is 0.304. The van der Waals surface area contributed by atoms with E-state index in [1.54, 1.807) is 0 Å². The molecule has 0 saturated carbocycles. The van der Waals surface area contributed by atoms with Crippen molar-refractivity contribution in [1.82, 2.24) is 4.90 Å². The first-order valence-electron chi connectivity index (χ1n) is 9.81. The molecule has 1 atom stereocenters. The molecule has 0 radical (unpaired) electrons. The molecule has 1 aliphatic heterocycles. The second kappa shape index (κ2) is 9.62. The molecule has 2 aromatic carbocycles. The van der Waals surface area contributed by atoms with E-state index in [-0.39, 0.29) is 32.7 Å². The number of hydrogen-bond acceptors (Lipinski definition) is 5. The van der Waals surface area contributed by atoms with Crippen molar-refractivity contribution in [2.24, 2.45) is 0 Å². The summed E-state index contributed by atoms with van der Waals surface area (Å²) < 4.78 is 10.6. The summed E-state index contributed by atoms with van der Waals surface area (Å²) in [7, 11) is 2.78. The van der Waals surface area contributed by atoms with Crippen LogP contribution in [0.5, 0.6) is 11.5 Å². The van der Waals surface area contributed by atoms with Crippen LogP contribution in [-0.4, -0.2) is 42.5 Å².